The fraction of sp³-hybridized carbons (Fsp3) is 0.667. The van der Waals surface area contributed by atoms with Crippen LogP contribution in [0.2, 0.25) is 0 Å². The summed E-state index contributed by atoms with van der Waals surface area (Å²) in [5.74, 6) is 2.52. The van der Waals surface area contributed by atoms with E-state index in [9.17, 15) is 0 Å². The molecule has 0 aromatic heterocycles. The maximum atomic E-state index is 5.34. The quantitative estimate of drug-likeness (QED) is 0.734. The first kappa shape index (κ1) is 15.4. The molecule has 1 fully saturated rings. The summed E-state index contributed by atoms with van der Waals surface area (Å²) in [6.45, 7) is 5.81. The largest absolute Gasteiger partial charge is 0.497 e. The van der Waals surface area contributed by atoms with Gasteiger partial charge in [0.05, 0.1) is 7.11 Å². The van der Waals surface area contributed by atoms with Crippen LogP contribution in [0.15, 0.2) is 24.3 Å². The summed E-state index contributed by atoms with van der Waals surface area (Å²) in [6, 6.07) is 9.35. The molecule has 0 spiro atoms. The van der Waals surface area contributed by atoms with Crippen molar-refractivity contribution in [2.45, 2.75) is 52.0 Å². The smallest absolute Gasteiger partial charge is 0.119 e. The second kappa shape index (κ2) is 7.68. The van der Waals surface area contributed by atoms with Crippen LogP contribution >= 0.6 is 0 Å². The molecule has 0 radical (unpaired) electrons. The molecule has 112 valence electrons. The van der Waals surface area contributed by atoms with Crippen LogP contribution in [0, 0.1) is 11.8 Å². The maximum absolute atomic E-state index is 5.34. The third-order valence-corrected chi connectivity index (χ3v) is 4.59. The second-order valence-electron chi connectivity index (χ2n) is 6.07. The molecule has 1 aromatic rings. The molecule has 1 N–H and O–H groups in total. The zero-order chi connectivity index (χ0) is 14.4. The van der Waals surface area contributed by atoms with Gasteiger partial charge in [0.15, 0.2) is 0 Å². The second-order valence-corrected chi connectivity index (χ2v) is 6.07. The number of ether oxygens (including phenoxy) is 1. The van der Waals surface area contributed by atoms with Crippen LogP contribution in [0.5, 0.6) is 5.75 Å². The summed E-state index contributed by atoms with van der Waals surface area (Å²) in [7, 11) is 1.74. The zero-order valence-corrected chi connectivity index (χ0v) is 13.2. The van der Waals surface area contributed by atoms with E-state index in [0.29, 0.717) is 0 Å². The van der Waals surface area contributed by atoms with Crippen LogP contribution < -0.4 is 10.1 Å². The van der Waals surface area contributed by atoms with Crippen molar-refractivity contribution in [1.29, 1.82) is 0 Å². The predicted molar refractivity (Wildman–Crippen MR) is 85.3 cm³/mol. The Hall–Kier alpha value is -1.02. The predicted octanol–water partition coefficient (Wildman–Crippen LogP) is 4.04. The fourth-order valence-corrected chi connectivity index (χ4v) is 3.07. The molecule has 1 aromatic carbocycles. The van der Waals surface area contributed by atoms with E-state index in [0.717, 1.165) is 36.6 Å². The first-order chi connectivity index (χ1) is 9.76. The summed E-state index contributed by atoms with van der Waals surface area (Å²) >= 11 is 0. The molecule has 0 heterocycles. The molecule has 1 aliphatic carbocycles. The lowest BCUT2D eigenvalue weighted by Crippen LogP contribution is -2.30. The van der Waals surface area contributed by atoms with E-state index in [4.69, 9.17) is 4.74 Å². The van der Waals surface area contributed by atoms with Crippen molar-refractivity contribution in [2.24, 2.45) is 11.8 Å². The van der Waals surface area contributed by atoms with Crippen LogP contribution in [0.4, 0.5) is 0 Å². The van der Waals surface area contributed by atoms with Crippen LogP contribution in [0.3, 0.4) is 0 Å². The molecule has 0 amide bonds. The Kier molecular flexibility index (Phi) is 5.90. The third-order valence-electron chi connectivity index (χ3n) is 4.59. The first-order valence-electron chi connectivity index (χ1n) is 8.13. The van der Waals surface area contributed by atoms with Crippen LogP contribution in [-0.4, -0.2) is 19.7 Å². The standard InChI is InChI=1S/C18H29NO/c1-4-15(5-2)16(13-19-17-9-10-17)11-14-7-6-8-18(12-14)20-3/h6-8,12,15-17,19H,4-5,9-11,13H2,1-3H3. The van der Waals surface area contributed by atoms with Gasteiger partial charge in [-0.1, -0.05) is 38.8 Å². The minimum Gasteiger partial charge on any atom is -0.497 e. The lowest BCUT2D eigenvalue weighted by molar-refractivity contribution is 0.296. The molecule has 1 unspecified atom stereocenters. The van der Waals surface area contributed by atoms with Gasteiger partial charge in [-0.3, -0.25) is 0 Å². The Morgan fingerprint density at radius 1 is 1.20 bits per heavy atom. The molecule has 20 heavy (non-hydrogen) atoms. The van der Waals surface area contributed by atoms with E-state index in [2.05, 4.69) is 37.4 Å². The number of methoxy groups -OCH3 is 1. The van der Waals surface area contributed by atoms with Crippen molar-refractivity contribution in [3.63, 3.8) is 0 Å². The molecule has 0 aliphatic heterocycles. The summed E-state index contributed by atoms with van der Waals surface area (Å²) in [5.41, 5.74) is 1.40. The third kappa shape index (κ3) is 4.52. The van der Waals surface area contributed by atoms with Gasteiger partial charge in [0.25, 0.3) is 0 Å². The number of nitrogens with one attached hydrogen (secondary N) is 1. The summed E-state index contributed by atoms with van der Waals surface area (Å²) in [5, 5.41) is 3.72. The van der Waals surface area contributed by atoms with Gasteiger partial charge in [-0.05, 0) is 55.3 Å². The lowest BCUT2D eigenvalue weighted by Gasteiger charge is -2.26. The normalized spacial score (nSPS) is 16.4. The van der Waals surface area contributed by atoms with Crippen molar-refractivity contribution in [2.75, 3.05) is 13.7 Å². The Bertz CT molecular complexity index is 396. The molecule has 2 rings (SSSR count). The van der Waals surface area contributed by atoms with E-state index in [1.54, 1.807) is 7.11 Å². The van der Waals surface area contributed by atoms with Crippen molar-refractivity contribution in [3.05, 3.63) is 29.8 Å². The molecule has 2 heteroatoms. The summed E-state index contributed by atoms with van der Waals surface area (Å²) in [4.78, 5) is 0. The van der Waals surface area contributed by atoms with Crippen molar-refractivity contribution in [1.82, 2.24) is 5.32 Å². The van der Waals surface area contributed by atoms with Crippen molar-refractivity contribution < 1.29 is 4.74 Å². The van der Waals surface area contributed by atoms with Gasteiger partial charge in [-0.15, -0.1) is 0 Å². The van der Waals surface area contributed by atoms with E-state index in [1.165, 1.54) is 31.2 Å². The van der Waals surface area contributed by atoms with Gasteiger partial charge in [-0.2, -0.15) is 0 Å². The SMILES string of the molecule is CCC(CC)C(CNC1CC1)Cc1cccc(OC)c1. The van der Waals surface area contributed by atoms with Gasteiger partial charge < -0.3 is 10.1 Å². The van der Waals surface area contributed by atoms with E-state index in [-0.39, 0.29) is 0 Å². The Balaban J connectivity index is 1.99. The van der Waals surface area contributed by atoms with Crippen LogP contribution in [0.1, 0.15) is 45.1 Å². The van der Waals surface area contributed by atoms with Gasteiger partial charge in [-0.25, -0.2) is 0 Å². The van der Waals surface area contributed by atoms with Gasteiger partial charge in [0.2, 0.25) is 0 Å². The highest BCUT2D eigenvalue weighted by Gasteiger charge is 2.24. The average molecular weight is 275 g/mol. The van der Waals surface area contributed by atoms with E-state index in [1.807, 2.05) is 6.07 Å². The van der Waals surface area contributed by atoms with E-state index < -0.39 is 0 Å². The number of hydrogen-bond acceptors (Lipinski definition) is 2. The van der Waals surface area contributed by atoms with Crippen LogP contribution in [-0.2, 0) is 6.42 Å². The van der Waals surface area contributed by atoms with Crippen LogP contribution in [0.25, 0.3) is 0 Å². The number of hydrogen-bond donors (Lipinski definition) is 1. The molecule has 0 saturated heterocycles. The summed E-state index contributed by atoms with van der Waals surface area (Å²) in [6.07, 6.45) is 6.45. The molecule has 1 aliphatic rings. The fourth-order valence-electron chi connectivity index (χ4n) is 3.07. The highest BCUT2D eigenvalue weighted by atomic mass is 16.5. The molecule has 1 saturated carbocycles. The van der Waals surface area contributed by atoms with E-state index >= 15 is 0 Å². The highest BCUT2D eigenvalue weighted by Crippen LogP contribution is 2.26. The Morgan fingerprint density at radius 3 is 2.55 bits per heavy atom. The van der Waals surface area contributed by atoms with Gasteiger partial charge in [0.1, 0.15) is 5.75 Å². The highest BCUT2D eigenvalue weighted by molar-refractivity contribution is 5.28. The number of benzene rings is 1. The summed E-state index contributed by atoms with van der Waals surface area (Å²) < 4.78 is 5.34. The maximum Gasteiger partial charge on any atom is 0.119 e. The first-order valence-corrected chi connectivity index (χ1v) is 8.13. The lowest BCUT2D eigenvalue weighted by atomic mass is 9.83. The average Bonchev–Trinajstić information content (AvgIpc) is 3.30. The van der Waals surface area contributed by atoms with Crippen molar-refractivity contribution in [3.8, 4) is 5.75 Å². The topological polar surface area (TPSA) is 21.3 Å². The minimum atomic E-state index is 0.734. The molecular weight excluding hydrogens is 246 g/mol. The molecule has 0 bridgehead atoms. The van der Waals surface area contributed by atoms with Gasteiger partial charge >= 0.3 is 0 Å². The van der Waals surface area contributed by atoms with Gasteiger partial charge in [0, 0.05) is 6.04 Å². The zero-order valence-electron chi connectivity index (χ0n) is 13.2. The Morgan fingerprint density at radius 2 is 1.95 bits per heavy atom. The Labute approximate surface area is 123 Å². The monoisotopic (exact) mass is 275 g/mol. The molecule has 2 nitrogen and oxygen atoms in total. The molecule has 1 atom stereocenters. The molecular formula is C18H29NO. The number of rotatable bonds is 9. The van der Waals surface area contributed by atoms with Crippen molar-refractivity contribution >= 4 is 0 Å². The minimum absolute atomic E-state index is 0.734.